The molecule has 0 heterocycles. The topological polar surface area (TPSA) is 52.6 Å². The summed E-state index contributed by atoms with van der Waals surface area (Å²) < 4.78 is 11.7. The van der Waals surface area contributed by atoms with Crippen LogP contribution in [0.15, 0.2) is 0 Å². The summed E-state index contributed by atoms with van der Waals surface area (Å²) >= 11 is 0. The summed E-state index contributed by atoms with van der Waals surface area (Å²) in [6.45, 7) is 12.6. The number of hydrogen-bond donors (Lipinski definition) is 0. The van der Waals surface area contributed by atoms with Gasteiger partial charge < -0.3 is 9.47 Å². The zero-order valence-corrected chi connectivity index (χ0v) is 16.3. The lowest BCUT2D eigenvalue weighted by Crippen LogP contribution is -2.24. The molecule has 0 aromatic carbocycles. The molecule has 0 saturated heterocycles. The summed E-state index contributed by atoms with van der Waals surface area (Å²) in [6, 6.07) is 0. The van der Waals surface area contributed by atoms with Crippen molar-refractivity contribution in [3.05, 3.63) is 0 Å². The minimum atomic E-state index is 0.0154. The molecule has 0 spiro atoms. The molecule has 3 atom stereocenters. The zero-order chi connectivity index (χ0) is 18.3. The molecule has 0 bridgehead atoms. The van der Waals surface area contributed by atoms with E-state index in [2.05, 4.69) is 0 Å². The molecule has 1 aliphatic carbocycles. The highest BCUT2D eigenvalue weighted by atomic mass is 16.5. The average Bonchev–Trinajstić information content (AvgIpc) is 2.86. The molecule has 0 aliphatic heterocycles. The van der Waals surface area contributed by atoms with Gasteiger partial charge in [-0.05, 0) is 52.9 Å². The van der Waals surface area contributed by atoms with E-state index >= 15 is 0 Å². The Hall–Kier alpha value is -0.740. The van der Waals surface area contributed by atoms with E-state index in [9.17, 15) is 9.59 Å². The molecule has 140 valence electrons. The third-order valence-electron chi connectivity index (χ3n) is 4.66. The zero-order valence-electron chi connectivity index (χ0n) is 16.3. The molecule has 1 saturated carbocycles. The van der Waals surface area contributed by atoms with Gasteiger partial charge in [-0.2, -0.15) is 0 Å². The lowest BCUT2D eigenvalue weighted by atomic mass is 9.89. The molecule has 24 heavy (non-hydrogen) atoms. The van der Waals surface area contributed by atoms with Crippen LogP contribution in [-0.4, -0.2) is 36.5 Å². The molecule has 0 aromatic rings. The highest BCUT2D eigenvalue weighted by Crippen LogP contribution is 2.36. The monoisotopic (exact) mass is 340 g/mol. The second-order valence-corrected chi connectivity index (χ2v) is 7.97. The van der Waals surface area contributed by atoms with Crippen molar-refractivity contribution < 1.29 is 19.1 Å². The standard InChI is InChI=1S/C20H36O4/c1-13(2)19(21)8-7-9-20(22)18-11-17(24-15(5)6)10-16(18)12-23-14(3)4/h13-18H,7-12H2,1-6H3/t16-,17+,18?/m0/s1. The smallest absolute Gasteiger partial charge is 0.136 e. The molecule has 0 aromatic heterocycles. The van der Waals surface area contributed by atoms with Crippen molar-refractivity contribution in [2.75, 3.05) is 6.61 Å². The van der Waals surface area contributed by atoms with Crippen molar-refractivity contribution in [2.45, 2.75) is 92.0 Å². The first-order valence-electron chi connectivity index (χ1n) is 9.53. The van der Waals surface area contributed by atoms with Gasteiger partial charge in [0.05, 0.1) is 24.9 Å². The molecule has 1 aliphatic rings. The van der Waals surface area contributed by atoms with Crippen LogP contribution in [0.1, 0.15) is 73.6 Å². The summed E-state index contributed by atoms with van der Waals surface area (Å²) in [4.78, 5) is 24.4. The fourth-order valence-electron chi connectivity index (χ4n) is 3.38. The van der Waals surface area contributed by atoms with E-state index in [1.807, 2.05) is 41.5 Å². The lowest BCUT2D eigenvalue weighted by molar-refractivity contribution is -0.125. The summed E-state index contributed by atoms with van der Waals surface area (Å²) in [5.74, 6) is 0.836. The molecule has 4 nitrogen and oxygen atoms in total. The fraction of sp³-hybridized carbons (Fsp3) is 0.900. The van der Waals surface area contributed by atoms with Crippen molar-refractivity contribution in [3.63, 3.8) is 0 Å². The van der Waals surface area contributed by atoms with Gasteiger partial charge in [0.25, 0.3) is 0 Å². The van der Waals surface area contributed by atoms with E-state index in [0.717, 1.165) is 12.8 Å². The van der Waals surface area contributed by atoms with Gasteiger partial charge in [0, 0.05) is 24.7 Å². The molecule has 0 N–H and O–H groups in total. The highest BCUT2D eigenvalue weighted by Gasteiger charge is 2.39. The highest BCUT2D eigenvalue weighted by molar-refractivity contribution is 5.83. The molecular weight excluding hydrogens is 304 g/mol. The summed E-state index contributed by atoms with van der Waals surface area (Å²) in [5.41, 5.74) is 0. The second kappa shape index (κ2) is 10.3. The largest absolute Gasteiger partial charge is 0.378 e. The Kier molecular flexibility index (Phi) is 9.14. The van der Waals surface area contributed by atoms with E-state index in [1.165, 1.54) is 0 Å². The average molecular weight is 341 g/mol. The van der Waals surface area contributed by atoms with Crippen LogP contribution in [0.25, 0.3) is 0 Å². The Morgan fingerprint density at radius 3 is 2.17 bits per heavy atom. The Morgan fingerprint density at radius 1 is 0.958 bits per heavy atom. The summed E-state index contributed by atoms with van der Waals surface area (Å²) in [6.07, 6.45) is 3.86. The number of carbonyl (C=O) groups excluding carboxylic acids is 2. The summed E-state index contributed by atoms with van der Waals surface area (Å²) in [5, 5.41) is 0. The molecule has 4 heteroatoms. The van der Waals surface area contributed by atoms with Gasteiger partial charge in [-0.25, -0.2) is 0 Å². The van der Waals surface area contributed by atoms with Crippen LogP contribution in [0.5, 0.6) is 0 Å². The van der Waals surface area contributed by atoms with Crippen LogP contribution in [-0.2, 0) is 19.1 Å². The van der Waals surface area contributed by atoms with Gasteiger partial charge >= 0.3 is 0 Å². The van der Waals surface area contributed by atoms with E-state index in [0.29, 0.717) is 25.9 Å². The van der Waals surface area contributed by atoms with E-state index in [4.69, 9.17) is 9.47 Å². The molecule has 0 radical (unpaired) electrons. The minimum absolute atomic E-state index is 0.0154. The molecule has 1 fully saturated rings. The maximum atomic E-state index is 12.7. The Labute approximate surface area is 147 Å². The maximum absolute atomic E-state index is 12.7. The first-order chi connectivity index (χ1) is 11.2. The number of ketones is 2. The first kappa shape index (κ1) is 21.3. The van der Waals surface area contributed by atoms with Crippen LogP contribution >= 0.6 is 0 Å². The predicted octanol–water partition coefficient (Wildman–Crippen LogP) is 4.20. The lowest BCUT2D eigenvalue weighted by Gasteiger charge is -2.19. The number of rotatable bonds is 11. The van der Waals surface area contributed by atoms with E-state index in [-0.39, 0.29) is 47.6 Å². The van der Waals surface area contributed by atoms with Crippen molar-refractivity contribution in [1.29, 1.82) is 0 Å². The van der Waals surface area contributed by atoms with Crippen LogP contribution in [0, 0.1) is 17.8 Å². The van der Waals surface area contributed by atoms with Gasteiger partial charge in [-0.1, -0.05) is 13.8 Å². The normalized spacial score (nSPS) is 24.3. The fourth-order valence-corrected chi connectivity index (χ4v) is 3.38. The maximum Gasteiger partial charge on any atom is 0.136 e. The van der Waals surface area contributed by atoms with E-state index in [1.54, 1.807) is 0 Å². The SMILES string of the molecule is CC(C)OC[C@@H]1C[C@@H](OC(C)C)CC1C(=O)CCCC(=O)C(C)C. The third-order valence-corrected chi connectivity index (χ3v) is 4.66. The Balaban J connectivity index is 2.55. The molecule has 0 amide bonds. The predicted molar refractivity (Wildman–Crippen MR) is 96.0 cm³/mol. The van der Waals surface area contributed by atoms with Crippen molar-refractivity contribution >= 4 is 11.6 Å². The molecular formula is C20H36O4. The molecule has 1 unspecified atom stereocenters. The number of Topliss-reactive ketones (excluding diaryl/α,β-unsaturated/α-hetero) is 2. The number of hydrogen-bond acceptors (Lipinski definition) is 4. The third kappa shape index (κ3) is 7.43. The molecule has 1 rings (SSSR count). The van der Waals surface area contributed by atoms with Crippen molar-refractivity contribution in [2.24, 2.45) is 17.8 Å². The number of carbonyl (C=O) groups is 2. The van der Waals surface area contributed by atoms with Gasteiger partial charge in [0.15, 0.2) is 0 Å². The van der Waals surface area contributed by atoms with Gasteiger partial charge in [-0.3, -0.25) is 9.59 Å². The second-order valence-electron chi connectivity index (χ2n) is 7.97. The van der Waals surface area contributed by atoms with Crippen molar-refractivity contribution in [1.82, 2.24) is 0 Å². The first-order valence-corrected chi connectivity index (χ1v) is 9.53. The van der Waals surface area contributed by atoms with Crippen LogP contribution in [0.3, 0.4) is 0 Å². The van der Waals surface area contributed by atoms with Gasteiger partial charge in [-0.15, -0.1) is 0 Å². The quantitative estimate of drug-likeness (QED) is 0.566. The van der Waals surface area contributed by atoms with Crippen LogP contribution < -0.4 is 0 Å². The van der Waals surface area contributed by atoms with Crippen LogP contribution in [0.2, 0.25) is 0 Å². The minimum Gasteiger partial charge on any atom is -0.378 e. The van der Waals surface area contributed by atoms with Crippen LogP contribution in [0.4, 0.5) is 0 Å². The van der Waals surface area contributed by atoms with Crippen molar-refractivity contribution in [3.8, 4) is 0 Å². The summed E-state index contributed by atoms with van der Waals surface area (Å²) in [7, 11) is 0. The Morgan fingerprint density at radius 2 is 1.62 bits per heavy atom. The number of ether oxygens (including phenoxy) is 2. The van der Waals surface area contributed by atoms with E-state index < -0.39 is 0 Å². The van der Waals surface area contributed by atoms with Gasteiger partial charge in [0.2, 0.25) is 0 Å². The Bertz CT molecular complexity index is 400. The van der Waals surface area contributed by atoms with Gasteiger partial charge in [0.1, 0.15) is 11.6 Å².